The van der Waals surface area contributed by atoms with E-state index in [1.165, 1.54) is 12.8 Å². The fourth-order valence-corrected chi connectivity index (χ4v) is 3.87. The van der Waals surface area contributed by atoms with Crippen LogP contribution in [0.3, 0.4) is 0 Å². The lowest BCUT2D eigenvalue weighted by molar-refractivity contribution is -0.124. The van der Waals surface area contributed by atoms with Crippen LogP contribution in [0, 0.1) is 5.92 Å². The Labute approximate surface area is 150 Å². The van der Waals surface area contributed by atoms with E-state index in [0.717, 1.165) is 49.9 Å². The van der Waals surface area contributed by atoms with E-state index in [-0.39, 0.29) is 17.7 Å². The highest BCUT2D eigenvalue weighted by Gasteiger charge is 2.24. The van der Waals surface area contributed by atoms with Gasteiger partial charge in [-0.15, -0.1) is 0 Å². The molecule has 0 aromatic heterocycles. The first-order valence-corrected chi connectivity index (χ1v) is 9.50. The van der Waals surface area contributed by atoms with Gasteiger partial charge in [0.25, 0.3) is 5.91 Å². The molecule has 5 nitrogen and oxygen atoms in total. The Morgan fingerprint density at radius 1 is 1.08 bits per heavy atom. The van der Waals surface area contributed by atoms with Gasteiger partial charge < -0.3 is 15.5 Å². The van der Waals surface area contributed by atoms with E-state index in [0.29, 0.717) is 12.6 Å². The first-order chi connectivity index (χ1) is 12.2. The molecule has 2 N–H and O–H groups in total. The molecule has 1 atom stereocenters. The molecule has 0 spiro atoms. The van der Waals surface area contributed by atoms with Gasteiger partial charge in [-0.1, -0.05) is 25.0 Å². The molecule has 1 aromatic rings. The van der Waals surface area contributed by atoms with Crippen LogP contribution in [0.4, 0.5) is 0 Å². The number of hydrogen-bond donors (Lipinski definition) is 2. The van der Waals surface area contributed by atoms with Crippen molar-refractivity contribution in [2.24, 2.45) is 5.92 Å². The molecule has 3 rings (SSSR count). The van der Waals surface area contributed by atoms with E-state index in [2.05, 4.69) is 10.6 Å². The van der Waals surface area contributed by atoms with Gasteiger partial charge in [-0.3, -0.25) is 9.59 Å². The Morgan fingerprint density at radius 2 is 1.80 bits per heavy atom. The van der Waals surface area contributed by atoms with Crippen LogP contribution in [0.15, 0.2) is 24.3 Å². The highest BCUT2D eigenvalue weighted by atomic mass is 16.2. The number of rotatable bonds is 5. The van der Waals surface area contributed by atoms with Crippen LogP contribution in [-0.2, 0) is 11.3 Å². The molecule has 1 saturated heterocycles. The Balaban J connectivity index is 1.52. The SMILES string of the molecule is CNC1CCCN(C(=O)c2ccc(CNC(=O)C3CCCC3)cc2)C1. The molecule has 1 unspecified atom stereocenters. The number of nitrogens with one attached hydrogen (secondary N) is 2. The number of hydrogen-bond acceptors (Lipinski definition) is 3. The quantitative estimate of drug-likeness (QED) is 0.862. The first-order valence-electron chi connectivity index (χ1n) is 9.50. The van der Waals surface area contributed by atoms with Crippen LogP contribution in [-0.4, -0.2) is 42.9 Å². The van der Waals surface area contributed by atoms with Gasteiger partial charge in [0.05, 0.1) is 0 Å². The maximum absolute atomic E-state index is 12.6. The fraction of sp³-hybridized carbons (Fsp3) is 0.600. The molecule has 5 heteroatoms. The van der Waals surface area contributed by atoms with Crippen molar-refractivity contribution in [3.05, 3.63) is 35.4 Å². The zero-order valence-corrected chi connectivity index (χ0v) is 15.1. The predicted octanol–water partition coefficient (Wildman–Crippen LogP) is 2.32. The molecular formula is C20H29N3O2. The van der Waals surface area contributed by atoms with Crippen LogP contribution in [0.5, 0.6) is 0 Å². The predicted molar refractivity (Wildman–Crippen MR) is 98.2 cm³/mol. The van der Waals surface area contributed by atoms with Crippen molar-refractivity contribution in [2.45, 2.75) is 51.1 Å². The third kappa shape index (κ3) is 4.60. The van der Waals surface area contributed by atoms with E-state index < -0.39 is 0 Å². The second kappa shape index (κ2) is 8.48. The van der Waals surface area contributed by atoms with Crippen molar-refractivity contribution in [2.75, 3.05) is 20.1 Å². The summed E-state index contributed by atoms with van der Waals surface area (Å²) in [4.78, 5) is 26.7. The van der Waals surface area contributed by atoms with E-state index in [4.69, 9.17) is 0 Å². The molecule has 1 aliphatic heterocycles. The van der Waals surface area contributed by atoms with Crippen LogP contribution in [0.1, 0.15) is 54.4 Å². The monoisotopic (exact) mass is 343 g/mol. The van der Waals surface area contributed by atoms with E-state index in [1.54, 1.807) is 0 Å². The van der Waals surface area contributed by atoms with Crippen molar-refractivity contribution < 1.29 is 9.59 Å². The van der Waals surface area contributed by atoms with Gasteiger partial charge in [0, 0.05) is 37.2 Å². The summed E-state index contributed by atoms with van der Waals surface area (Å²) in [7, 11) is 1.95. The molecule has 1 aliphatic carbocycles. The Morgan fingerprint density at radius 3 is 2.48 bits per heavy atom. The number of nitrogens with zero attached hydrogens (tertiary/aromatic N) is 1. The average Bonchev–Trinajstić information content (AvgIpc) is 3.21. The molecule has 136 valence electrons. The topological polar surface area (TPSA) is 61.4 Å². The third-order valence-corrected chi connectivity index (χ3v) is 5.51. The smallest absolute Gasteiger partial charge is 0.253 e. The number of carbonyl (C=O) groups excluding carboxylic acids is 2. The number of carbonyl (C=O) groups is 2. The first kappa shape index (κ1) is 17.9. The molecule has 1 heterocycles. The van der Waals surface area contributed by atoms with Gasteiger partial charge >= 0.3 is 0 Å². The maximum Gasteiger partial charge on any atom is 0.253 e. The second-order valence-electron chi connectivity index (χ2n) is 7.28. The summed E-state index contributed by atoms with van der Waals surface area (Å²) in [5, 5.41) is 6.29. The third-order valence-electron chi connectivity index (χ3n) is 5.51. The van der Waals surface area contributed by atoms with E-state index >= 15 is 0 Å². The Kier molecular flexibility index (Phi) is 6.08. The number of likely N-dealkylation sites (tertiary alicyclic amines) is 1. The van der Waals surface area contributed by atoms with Crippen LogP contribution in [0.25, 0.3) is 0 Å². The van der Waals surface area contributed by atoms with Crippen LogP contribution < -0.4 is 10.6 Å². The molecule has 0 radical (unpaired) electrons. The van der Waals surface area contributed by atoms with E-state index in [9.17, 15) is 9.59 Å². The van der Waals surface area contributed by atoms with Crippen LogP contribution >= 0.6 is 0 Å². The zero-order chi connectivity index (χ0) is 17.6. The fourth-order valence-electron chi connectivity index (χ4n) is 3.87. The average molecular weight is 343 g/mol. The summed E-state index contributed by atoms with van der Waals surface area (Å²) in [6.45, 7) is 2.14. The van der Waals surface area contributed by atoms with Crippen molar-refractivity contribution in [3.63, 3.8) is 0 Å². The minimum atomic E-state index is 0.0986. The van der Waals surface area contributed by atoms with Crippen molar-refractivity contribution in [1.29, 1.82) is 0 Å². The number of likely N-dealkylation sites (N-methyl/N-ethyl adjacent to an activating group) is 1. The lowest BCUT2D eigenvalue weighted by atomic mass is 10.0. The summed E-state index contributed by atoms with van der Waals surface area (Å²) in [5.41, 5.74) is 1.76. The molecular weight excluding hydrogens is 314 g/mol. The van der Waals surface area contributed by atoms with Gasteiger partial charge in [-0.25, -0.2) is 0 Å². The summed E-state index contributed by atoms with van der Waals surface area (Å²) >= 11 is 0. The maximum atomic E-state index is 12.6. The number of amides is 2. The van der Waals surface area contributed by atoms with Crippen molar-refractivity contribution in [1.82, 2.24) is 15.5 Å². The Hall–Kier alpha value is -1.88. The molecule has 25 heavy (non-hydrogen) atoms. The van der Waals surface area contributed by atoms with Gasteiger partial charge in [0.2, 0.25) is 5.91 Å². The lowest BCUT2D eigenvalue weighted by Crippen LogP contribution is -2.46. The molecule has 2 amide bonds. The van der Waals surface area contributed by atoms with Crippen molar-refractivity contribution in [3.8, 4) is 0 Å². The van der Waals surface area contributed by atoms with Gasteiger partial charge in [0.1, 0.15) is 0 Å². The van der Waals surface area contributed by atoms with Crippen LogP contribution in [0.2, 0.25) is 0 Å². The largest absolute Gasteiger partial charge is 0.352 e. The highest BCUT2D eigenvalue weighted by Crippen LogP contribution is 2.24. The highest BCUT2D eigenvalue weighted by molar-refractivity contribution is 5.94. The summed E-state index contributed by atoms with van der Waals surface area (Å²) < 4.78 is 0. The molecule has 2 aliphatic rings. The zero-order valence-electron chi connectivity index (χ0n) is 15.1. The standard InChI is InChI=1S/C20H29N3O2/c1-21-18-7-4-12-23(14-18)20(25)17-10-8-15(9-11-17)13-22-19(24)16-5-2-3-6-16/h8-11,16,18,21H,2-7,12-14H2,1H3,(H,22,24). The Bertz CT molecular complexity index is 593. The molecule has 0 bridgehead atoms. The second-order valence-corrected chi connectivity index (χ2v) is 7.28. The summed E-state index contributed by atoms with van der Waals surface area (Å²) in [6, 6.07) is 8.04. The minimum absolute atomic E-state index is 0.0986. The number of benzene rings is 1. The molecule has 1 aromatic carbocycles. The molecule has 1 saturated carbocycles. The lowest BCUT2D eigenvalue weighted by Gasteiger charge is -2.32. The van der Waals surface area contributed by atoms with E-state index in [1.807, 2.05) is 36.2 Å². The van der Waals surface area contributed by atoms with Crippen molar-refractivity contribution >= 4 is 11.8 Å². The summed E-state index contributed by atoms with van der Waals surface area (Å²) in [5.74, 6) is 0.464. The van der Waals surface area contributed by atoms with Gasteiger partial charge in [-0.2, -0.15) is 0 Å². The molecule has 2 fully saturated rings. The number of piperidine rings is 1. The summed E-state index contributed by atoms with van der Waals surface area (Å²) in [6.07, 6.45) is 6.54. The minimum Gasteiger partial charge on any atom is -0.352 e. The van der Waals surface area contributed by atoms with Gasteiger partial charge in [0.15, 0.2) is 0 Å². The van der Waals surface area contributed by atoms with Gasteiger partial charge in [-0.05, 0) is 50.4 Å². The normalized spacial score (nSPS) is 21.3.